The number of hydrogen-bond acceptors (Lipinski definition) is 8. The number of aromatic nitrogens is 2. The maximum atomic E-state index is 13.8. The molecule has 0 amide bonds. The average Bonchev–Trinajstić information content (AvgIpc) is 3.19. The molecule has 34 heavy (non-hydrogen) atoms. The number of Topliss-reactive ketones (excluding diaryl/α,β-unsaturated/α-hetero) is 1. The van der Waals surface area contributed by atoms with E-state index in [1.165, 1.54) is 0 Å². The smallest absolute Gasteiger partial charge is 0.316 e. The number of nitrogens with zero attached hydrogens (tertiary/aromatic N) is 2. The van der Waals surface area contributed by atoms with Gasteiger partial charge in [0.2, 0.25) is 0 Å². The van der Waals surface area contributed by atoms with Gasteiger partial charge in [-0.1, -0.05) is 12.1 Å². The molecule has 1 aromatic heterocycles. The molecular formula is C25H30N4O5. The van der Waals surface area contributed by atoms with E-state index in [1.807, 2.05) is 50.2 Å². The van der Waals surface area contributed by atoms with Gasteiger partial charge in [-0.3, -0.25) is 19.5 Å². The van der Waals surface area contributed by atoms with E-state index in [1.54, 1.807) is 13.8 Å². The quantitative estimate of drug-likeness (QED) is 0.493. The highest BCUT2D eigenvalue weighted by atomic mass is 16.5. The topological polar surface area (TPSA) is 114 Å². The summed E-state index contributed by atoms with van der Waals surface area (Å²) >= 11 is 0. The Morgan fingerprint density at radius 2 is 1.65 bits per heavy atom. The van der Waals surface area contributed by atoms with Crippen LogP contribution in [0.25, 0.3) is 5.57 Å². The lowest BCUT2D eigenvalue weighted by molar-refractivity contribution is -0.153. The van der Waals surface area contributed by atoms with Crippen molar-refractivity contribution in [1.82, 2.24) is 10.2 Å². The standard InChI is InChI=1S/C25H30N4O5/c1-6-33-24(31)16-12-17(25(32)34-7-2)22(30)20-19(16)18-13(3)27-28-23(18)26-21(20)14-8-10-15(11-9-14)29(4)5/h8-11,16-17,21H,6-7,12H2,1-5H3,(H2,26,27,28). The highest BCUT2D eigenvalue weighted by Crippen LogP contribution is 2.50. The number of hydrogen-bond donors (Lipinski definition) is 2. The molecular weight excluding hydrogens is 436 g/mol. The summed E-state index contributed by atoms with van der Waals surface area (Å²) in [6.07, 6.45) is 0.00564. The van der Waals surface area contributed by atoms with Gasteiger partial charge in [0.1, 0.15) is 5.92 Å². The van der Waals surface area contributed by atoms with Gasteiger partial charge in [-0.2, -0.15) is 5.10 Å². The van der Waals surface area contributed by atoms with Gasteiger partial charge in [0.15, 0.2) is 11.6 Å². The number of aryl methyl sites for hydroxylation is 1. The van der Waals surface area contributed by atoms with Crippen LogP contribution < -0.4 is 10.2 Å². The Labute approximate surface area is 198 Å². The molecule has 3 atom stereocenters. The minimum absolute atomic E-state index is 0.00564. The van der Waals surface area contributed by atoms with Crippen LogP contribution in [-0.4, -0.2) is 55.2 Å². The van der Waals surface area contributed by atoms with Gasteiger partial charge in [-0.05, 0) is 50.5 Å². The van der Waals surface area contributed by atoms with Crippen LogP contribution in [0.15, 0.2) is 29.8 Å². The Bertz CT molecular complexity index is 1150. The van der Waals surface area contributed by atoms with E-state index >= 15 is 0 Å². The first-order valence-corrected chi connectivity index (χ1v) is 11.5. The zero-order valence-corrected chi connectivity index (χ0v) is 20.1. The van der Waals surface area contributed by atoms with Crippen LogP contribution in [-0.2, 0) is 23.9 Å². The normalized spacial score (nSPS) is 21.3. The SMILES string of the molecule is CCOC(=O)C1CC(C(=O)OCC)C2=C(C1=O)C(c1ccc(N(C)C)cc1)Nc1n[nH]c(C)c12. The monoisotopic (exact) mass is 466 g/mol. The Kier molecular flexibility index (Phi) is 6.45. The molecule has 0 bridgehead atoms. The lowest BCUT2D eigenvalue weighted by Gasteiger charge is -2.37. The van der Waals surface area contributed by atoms with Crippen LogP contribution in [0.2, 0.25) is 0 Å². The summed E-state index contributed by atoms with van der Waals surface area (Å²) in [5.41, 5.74) is 4.21. The number of nitrogens with one attached hydrogen (secondary N) is 2. The number of esters is 2. The van der Waals surface area contributed by atoms with Crippen molar-refractivity contribution in [3.63, 3.8) is 0 Å². The van der Waals surface area contributed by atoms with Crippen molar-refractivity contribution in [3.8, 4) is 0 Å². The van der Waals surface area contributed by atoms with E-state index < -0.39 is 29.8 Å². The first kappa shape index (κ1) is 23.5. The van der Waals surface area contributed by atoms with Crippen LogP contribution in [0.5, 0.6) is 0 Å². The molecule has 0 radical (unpaired) electrons. The number of ether oxygens (including phenoxy) is 2. The highest BCUT2D eigenvalue weighted by molar-refractivity contribution is 6.18. The van der Waals surface area contributed by atoms with Crippen LogP contribution in [0.1, 0.15) is 43.1 Å². The molecule has 180 valence electrons. The van der Waals surface area contributed by atoms with Crippen molar-refractivity contribution < 1.29 is 23.9 Å². The molecule has 1 aliphatic carbocycles. The van der Waals surface area contributed by atoms with E-state index in [0.29, 0.717) is 22.5 Å². The molecule has 0 spiro atoms. The molecule has 2 aromatic rings. The summed E-state index contributed by atoms with van der Waals surface area (Å²) < 4.78 is 10.6. The fourth-order valence-corrected chi connectivity index (χ4v) is 4.77. The molecule has 2 aliphatic rings. The molecule has 1 aromatic carbocycles. The molecule has 2 heterocycles. The number of carbonyl (C=O) groups excluding carboxylic acids is 3. The summed E-state index contributed by atoms with van der Waals surface area (Å²) in [4.78, 5) is 41.7. The first-order valence-electron chi connectivity index (χ1n) is 11.5. The molecule has 0 saturated heterocycles. The second-order valence-electron chi connectivity index (χ2n) is 8.67. The van der Waals surface area contributed by atoms with Crippen LogP contribution >= 0.6 is 0 Å². The predicted octanol–water partition coefficient (Wildman–Crippen LogP) is 3.04. The zero-order chi connectivity index (χ0) is 24.6. The fraction of sp³-hybridized carbons (Fsp3) is 0.440. The Hall–Kier alpha value is -3.62. The molecule has 1 aliphatic heterocycles. The largest absolute Gasteiger partial charge is 0.466 e. The molecule has 9 nitrogen and oxygen atoms in total. The second kappa shape index (κ2) is 9.32. The van der Waals surface area contributed by atoms with Gasteiger partial charge in [-0.15, -0.1) is 0 Å². The van der Waals surface area contributed by atoms with Crippen molar-refractivity contribution >= 4 is 34.8 Å². The number of rotatable bonds is 6. The third kappa shape index (κ3) is 3.95. The fourth-order valence-electron chi connectivity index (χ4n) is 4.77. The van der Waals surface area contributed by atoms with Crippen molar-refractivity contribution in [1.29, 1.82) is 0 Å². The van der Waals surface area contributed by atoms with Gasteiger partial charge in [0, 0.05) is 36.6 Å². The maximum Gasteiger partial charge on any atom is 0.316 e. The van der Waals surface area contributed by atoms with Gasteiger partial charge < -0.3 is 19.7 Å². The van der Waals surface area contributed by atoms with Gasteiger partial charge >= 0.3 is 11.9 Å². The van der Waals surface area contributed by atoms with E-state index in [4.69, 9.17) is 9.47 Å². The summed E-state index contributed by atoms with van der Waals surface area (Å²) in [5, 5.41) is 10.7. The predicted molar refractivity (Wildman–Crippen MR) is 127 cm³/mol. The Balaban J connectivity index is 1.92. The third-order valence-corrected chi connectivity index (χ3v) is 6.36. The molecule has 4 rings (SSSR count). The van der Waals surface area contributed by atoms with Crippen molar-refractivity contribution in [2.75, 3.05) is 37.5 Å². The molecule has 3 unspecified atom stereocenters. The minimum atomic E-state index is -1.08. The van der Waals surface area contributed by atoms with Crippen LogP contribution in [0, 0.1) is 18.8 Å². The summed E-state index contributed by atoms with van der Waals surface area (Å²) in [7, 11) is 3.90. The molecule has 9 heteroatoms. The number of ketones is 1. The Morgan fingerprint density at radius 3 is 2.24 bits per heavy atom. The lowest BCUT2D eigenvalue weighted by atomic mass is 9.69. The highest BCUT2D eigenvalue weighted by Gasteiger charge is 2.49. The van der Waals surface area contributed by atoms with Crippen molar-refractivity contribution in [2.24, 2.45) is 11.8 Å². The summed E-state index contributed by atoms with van der Waals surface area (Å²) in [6.45, 7) is 5.61. The summed E-state index contributed by atoms with van der Waals surface area (Å²) in [6, 6.07) is 7.21. The molecule has 0 saturated carbocycles. The Morgan fingerprint density at radius 1 is 1.03 bits per heavy atom. The van der Waals surface area contributed by atoms with E-state index in [-0.39, 0.29) is 25.4 Å². The molecule has 0 fully saturated rings. The number of carbonyl (C=O) groups is 3. The van der Waals surface area contributed by atoms with E-state index in [2.05, 4.69) is 15.5 Å². The summed E-state index contributed by atoms with van der Waals surface area (Å²) in [5.74, 6) is -2.73. The van der Waals surface area contributed by atoms with Gasteiger partial charge in [-0.25, -0.2) is 0 Å². The maximum absolute atomic E-state index is 13.8. The number of aromatic amines is 1. The number of benzene rings is 1. The second-order valence-corrected chi connectivity index (χ2v) is 8.67. The van der Waals surface area contributed by atoms with E-state index in [9.17, 15) is 14.4 Å². The first-order chi connectivity index (χ1) is 16.3. The third-order valence-electron chi connectivity index (χ3n) is 6.36. The van der Waals surface area contributed by atoms with Crippen LogP contribution in [0.3, 0.4) is 0 Å². The molecule has 2 N–H and O–H groups in total. The zero-order valence-electron chi connectivity index (χ0n) is 20.1. The van der Waals surface area contributed by atoms with Crippen molar-refractivity contribution in [3.05, 3.63) is 46.7 Å². The number of anilines is 2. The van der Waals surface area contributed by atoms with Crippen LogP contribution in [0.4, 0.5) is 11.5 Å². The number of fused-ring (bicyclic) bond motifs is 2. The lowest BCUT2D eigenvalue weighted by Crippen LogP contribution is -2.41. The van der Waals surface area contributed by atoms with Gasteiger partial charge in [0.05, 0.1) is 25.2 Å². The van der Waals surface area contributed by atoms with E-state index in [0.717, 1.165) is 16.9 Å². The van der Waals surface area contributed by atoms with Crippen molar-refractivity contribution in [2.45, 2.75) is 33.2 Å². The van der Waals surface area contributed by atoms with Gasteiger partial charge in [0.25, 0.3) is 0 Å². The average molecular weight is 467 g/mol. The minimum Gasteiger partial charge on any atom is -0.466 e. The number of H-pyrrole nitrogens is 1.